The van der Waals surface area contributed by atoms with Gasteiger partial charge in [-0.05, 0) is 24.6 Å². The second-order valence-corrected chi connectivity index (χ2v) is 7.71. The van der Waals surface area contributed by atoms with Crippen molar-refractivity contribution in [3.63, 3.8) is 0 Å². The highest BCUT2D eigenvalue weighted by molar-refractivity contribution is 7.89. The van der Waals surface area contributed by atoms with Crippen LogP contribution in [-0.4, -0.2) is 49.0 Å². The van der Waals surface area contributed by atoms with Crippen LogP contribution in [0.15, 0.2) is 35.5 Å². The molecule has 0 saturated carbocycles. The third-order valence-corrected chi connectivity index (χ3v) is 5.84. The van der Waals surface area contributed by atoms with Crippen LogP contribution in [0.2, 0.25) is 5.02 Å². The Labute approximate surface area is 149 Å². The smallest absolute Gasteiger partial charge is 0.316 e. The van der Waals surface area contributed by atoms with Gasteiger partial charge in [0.25, 0.3) is 0 Å². The van der Waals surface area contributed by atoms with Crippen molar-refractivity contribution < 1.29 is 22.3 Å². The fourth-order valence-corrected chi connectivity index (χ4v) is 4.42. The van der Waals surface area contributed by atoms with Crippen molar-refractivity contribution in [3.05, 3.63) is 41.4 Å². The summed E-state index contributed by atoms with van der Waals surface area (Å²) in [4.78, 5) is 7.43. The zero-order valence-electron chi connectivity index (χ0n) is 13.2. The predicted octanol–water partition coefficient (Wildman–Crippen LogP) is 2.12. The molecule has 1 saturated heterocycles. The van der Waals surface area contributed by atoms with Crippen LogP contribution in [0.25, 0.3) is 0 Å². The zero-order valence-corrected chi connectivity index (χ0v) is 14.8. The Balaban J connectivity index is 1.76. The van der Waals surface area contributed by atoms with Gasteiger partial charge in [-0.25, -0.2) is 22.8 Å². The van der Waals surface area contributed by atoms with E-state index in [0.717, 1.165) is 12.4 Å². The molecule has 0 spiro atoms. The summed E-state index contributed by atoms with van der Waals surface area (Å²) >= 11 is 5.92. The van der Waals surface area contributed by atoms with E-state index in [2.05, 4.69) is 9.97 Å². The van der Waals surface area contributed by atoms with Crippen molar-refractivity contribution in [3.8, 4) is 11.8 Å². The Morgan fingerprint density at radius 3 is 2.72 bits per heavy atom. The second-order valence-electron chi connectivity index (χ2n) is 5.37. The van der Waals surface area contributed by atoms with Gasteiger partial charge in [0, 0.05) is 11.6 Å². The Morgan fingerprint density at radius 1 is 1.32 bits per heavy atom. The number of methoxy groups -OCH3 is 1. The van der Waals surface area contributed by atoms with E-state index in [4.69, 9.17) is 21.1 Å². The topological polar surface area (TPSA) is 81.6 Å². The van der Waals surface area contributed by atoms with Crippen LogP contribution < -0.4 is 9.47 Å². The molecule has 25 heavy (non-hydrogen) atoms. The van der Waals surface area contributed by atoms with Crippen molar-refractivity contribution >= 4 is 21.6 Å². The highest BCUT2D eigenvalue weighted by Crippen LogP contribution is 2.31. The van der Waals surface area contributed by atoms with Crippen molar-refractivity contribution in [2.24, 2.45) is 0 Å². The lowest BCUT2D eigenvalue weighted by atomic mass is 10.3. The summed E-state index contributed by atoms with van der Waals surface area (Å²) in [6, 6.07) is 4.42. The van der Waals surface area contributed by atoms with E-state index in [9.17, 15) is 12.8 Å². The molecule has 1 unspecified atom stereocenters. The van der Waals surface area contributed by atoms with Crippen molar-refractivity contribution in [2.75, 3.05) is 20.2 Å². The molecule has 0 aliphatic carbocycles. The highest BCUT2D eigenvalue weighted by atomic mass is 35.5. The first-order valence-corrected chi connectivity index (χ1v) is 9.20. The molecule has 1 aliphatic heterocycles. The summed E-state index contributed by atoms with van der Waals surface area (Å²) in [5.41, 5.74) is 0. The molecule has 1 fully saturated rings. The maximum Gasteiger partial charge on any atom is 0.316 e. The van der Waals surface area contributed by atoms with Crippen LogP contribution in [-0.2, 0) is 10.0 Å². The monoisotopic (exact) mass is 387 g/mol. The fourth-order valence-electron chi connectivity index (χ4n) is 2.51. The number of ether oxygens (including phenoxy) is 2. The van der Waals surface area contributed by atoms with Crippen LogP contribution in [0.4, 0.5) is 4.39 Å². The maximum atomic E-state index is 12.9. The van der Waals surface area contributed by atoms with E-state index in [1.54, 1.807) is 6.07 Å². The summed E-state index contributed by atoms with van der Waals surface area (Å²) in [5.74, 6) is -0.355. The molecule has 0 bridgehead atoms. The second kappa shape index (κ2) is 7.11. The summed E-state index contributed by atoms with van der Waals surface area (Å²) in [6.45, 7) is 0.391. The Morgan fingerprint density at radius 2 is 2.04 bits per heavy atom. The fraction of sp³-hybridized carbons (Fsp3) is 0.333. The maximum absolute atomic E-state index is 12.9. The zero-order chi connectivity index (χ0) is 18.0. The van der Waals surface area contributed by atoms with Crippen LogP contribution in [0.1, 0.15) is 6.42 Å². The van der Waals surface area contributed by atoms with E-state index >= 15 is 0 Å². The molecule has 3 rings (SSSR count). The van der Waals surface area contributed by atoms with Crippen LogP contribution in [0, 0.1) is 5.82 Å². The van der Waals surface area contributed by atoms with Gasteiger partial charge in [0.1, 0.15) is 16.7 Å². The van der Waals surface area contributed by atoms with E-state index in [1.807, 2.05) is 0 Å². The molecule has 10 heteroatoms. The number of nitrogens with zero attached hydrogens (tertiary/aromatic N) is 3. The minimum Gasteiger partial charge on any atom is -0.495 e. The molecule has 0 N–H and O–H groups in total. The minimum absolute atomic E-state index is 0.00109. The first kappa shape index (κ1) is 17.8. The molecule has 1 atom stereocenters. The number of aromatic nitrogens is 2. The third kappa shape index (κ3) is 3.83. The van der Waals surface area contributed by atoms with Gasteiger partial charge in [0.05, 0.1) is 26.0 Å². The van der Waals surface area contributed by atoms with E-state index in [-0.39, 0.29) is 29.7 Å². The van der Waals surface area contributed by atoms with Gasteiger partial charge in [-0.15, -0.1) is 0 Å². The molecule has 1 aromatic heterocycles. The molecular weight excluding hydrogens is 373 g/mol. The average molecular weight is 388 g/mol. The van der Waals surface area contributed by atoms with E-state index in [0.29, 0.717) is 11.4 Å². The lowest BCUT2D eigenvalue weighted by Gasteiger charge is -2.18. The van der Waals surface area contributed by atoms with Crippen LogP contribution >= 0.6 is 11.6 Å². The van der Waals surface area contributed by atoms with Gasteiger partial charge >= 0.3 is 6.01 Å². The van der Waals surface area contributed by atoms with E-state index in [1.165, 1.54) is 23.5 Å². The van der Waals surface area contributed by atoms with Gasteiger partial charge in [0.2, 0.25) is 10.0 Å². The normalized spacial score (nSPS) is 18.3. The standard InChI is InChI=1S/C15H15ClFN3O4S/c1-23-13-3-2-10(16)6-14(13)25(21,22)20-5-4-12(9-20)24-15-18-7-11(17)8-19-15/h2-3,6-8,12H,4-5,9H2,1H3. The van der Waals surface area contributed by atoms with E-state index < -0.39 is 21.9 Å². The summed E-state index contributed by atoms with van der Waals surface area (Å²) < 4.78 is 50.5. The molecule has 0 radical (unpaired) electrons. The van der Waals surface area contributed by atoms with Gasteiger partial charge in [-0.3, -0.25) is 0 Å². The molecule has 2 aromatic rings. The third-order valence-electron chi connectivity index (χ3n) is 3.72. The molecule has 2 heterocycles. The predicted molar refractivity (Wildman–Crippen MR) is 87.8 cm³/mol. The molecule has 7 nitrogen and oxygen atoms in total. The van der Waals surface area contributed by atoms with Crippen LogP contribution in [0.5, 0.6) is 11.8 Å². The summed E-state index contributed by atoms with van der Waals surface area (Å²) in [6.07, 6.45) is 2.01. The molecule has 0 amide bonds. The quantitative estimate of drug-likeness (QED) is 0.781. The number of benzene rings is 1. The largest absolute Gasteiger partial charge is 0.495 e. The number of hydrogen-bond donors (Lipinski definition) is 0. The highest BCUT2D eigenvalue weighted by Gasteiger charge is 2.35. The molecule has 1 aliphatic rings. The molecule has 134 valence electrons. The Kier molecular flexibility index (Phi) is 5.07. The lowest BCUT2D eigenvalue weighted by molar-refractivity contribution is 0.197. The number of rotatable bonds is 5. The number of halogens is 2. The van der Waals surface area contributed by atoms with Crippen molar-refractivity contribution in [2.45, 2.75) is 17.4 Å². The SMILES string of the molecule is COc1ccc(Cl)cc1S(=O)(=O)N1CCC(Oc2ncc(F)cn2)C1. The van der Waals surface area contributed by atoms with Gasteiger partial charge in [-0.1, -0.05) is 11.6 Å². The van der Waals surface area contributed by atoms with Crippen LogP contribution in [0.3, 0.4) is 0 Å². The van der Waals surface area contributed by atoms with Gasteiger partial charge in [0.15, 0.2) is 5.82 Å². The minimum atomic E-state index is -3.79. The Hall–Kier alpha value is -1.97. The molecular formula is C15H15ClFN3O4S. The average Bonchev–Trinajstić information content (AvgIpc) is 3.06. The first-order valence-electron chi connectivity index (χ1n) is 7.38. The van der Waals surface area contributed by atoms with Gasteiger partial charge in [-0.2, -0.15) is 4.31 Å². The van der Waals surface area contributed by atoms with Crippen molar-refractivity contribution in [1.82, 2.24) is 14.3 Å². The lowest BCUT2D eigenvalue weighted by Crippen LogP contribution is -2.31. The Bertz CT molecular complexity index is 864. The first-order chi connectivity index (χ1) is 11.9. The molecule has 1 aromatic carbocycles. The summed E-state index contributed by atoms with van der Waals surface area (Å²) in [5, 5.41) is 0.297. The number of hydrogen-bond acceptors (Lipinski definition) is 6. The summed E-state index contributed by atoms with van der Waals surface area (Å²) in [7, 11) is -2.40. The number of sulfonamides is 1. The van der Waals surface area contributed by atoms with Gasteiger partial charge < -0.3 is 9.47 Å². The van der Waals surface area contributed by atoms with Crippen molar-refractivity contribution in [1.29, 1.82) is 0 Å².